The van der Waals surface area contributed by atoms with E-state index in [1.807, 2.05) is 6.92 Å². The lowest BCUT2D eigenvalue weighted by Gasteiger charge is -2.19. The minimum Gasteiger partial charge on any atom is -0.477 e. The summed E-state index contributed by atoms with van der Waals surface area (Å²) in [7, 11) is 0. The zero-order valence-corrected chi connectivity index (χ0v) is 14.2. The van der Waals surface area contributed by atoms with Crippen molar-refractivity contribution in [3.63, 3.8) is 0 Å². The van der Waals surface area contributed by atoms with Gasteiger partial charge >= 0.3 is 0 Å². The number of likely N-dealkylation sites (tertiary alicyclic amines) is 1. The fourth-order valence-corrected chi connectivity index (χ4v) is 2.98. The van der Waals surface area contributed by atoms with Crippen molar-refractivity contribution < 1.29 is 9.53 Å². The van der Waals surface area contributed by atoms with Gasteiger partial charge in [0.25, 0.3) is 5.91 Å². The average molecular weight is 331 g/mol. The van der Waals surface area contributed by atoms with Crippen LogP contribution >= 0.6 is 0 Å². The number of rotatable bonds is 6. The number of nitrogens with one attached hydrogen (secondary N) is 1. The smallest absolute Gasteiger partial charge is 0.271 e. The van der Waals surface area contributed by atoms with Gasteiger partial charge in [0.15, 0.2) is 5.65 Å². The van der Waals surface area contributed by atoms with Crippen LogP contribution in [0.2, 0.25) is 0 Å². The predicted molar refractivity (Wildman–Crippen MR) is 91.4 cm³/mol. The molecule has 3 rings (SSSR count). The highest BCUT2D eigenvalue weighted by atomic mass is 16.5. The summed E-state index contributed by atoms with van der Waals surface area (Å²) >= 11 is 0. The molecule has 1 fully saturated rings. The molecule has 7 heteroatoms. The van der Waals surface area contributed by atoms with Gasteiger partial charge in [-0.15, -0.1) is 5.10 Å². The van der Waals surface area contributed by atoms with E-state index in [4.69, 9.17) is 4.74 Å². The number of hydrogen-bond donors (Lipinski definition) is 1. The van der Waals surface area contributed by atoms with Crippen LogP contribution in [0.5, 0.6) is 5.88 Å². The Morgan fingerprint density at radius 2 is 2.04 bits per heavy atom. The Bertz CT molecular complexity index is 677. The van der Waals surface area contributed by atoms with Crippen molar-refractivity contribution in [3.05, 3.63) is 24.0 Å². The van der Waals surface area contributed by atoms with E-state index in [0.29, 0.717) is 30.4 Å². The number of amides is 1. The van der Waals surface area contributed by atoms with E-state index in [1.54, 1.807) is 22.8 Å². The molecule has 0 bridgehead atoms. The van der Waals surface area contributed by atoms with Crippen molar-refractivity contribution in [1.29, 1.82) is 0 Å². The van der Waals surface area contributed by atoms with E-state index < -0.39 is 0 Å². The Hall–Kier alpha value is -2.15. The number of imidazole rings is 1. The van der Waals surface area contributed by atoms with Crippen LogP contribution < -0.4 is 10.1 Å². The number of hydrogen-bond acceptors (Lipinski definition) is 5. The molecule has 1 aliphatic rings. The molecule has 0 radical (unpaired) electrons. The molecule has 1 aliphatic heterocycles. The molecule has 1 N–H and O–H groups in total. The van der Waals surface area contributed by atoms with Gasteiger partial charge in [0.2, 0.25) is 5.88 Å². The first-order valence-corrected chi connectivity index (χ1v) is 8.76. The first-order chi connectivity index (χ1) is 11.8. The van der Waals surface area contributed by atoms with Crippen LogP contribution in [0.3, 0.4) is 0 Å². The summed E-state index contributed by atoms with van der Waals surface area (Å²) in [6.45, 7) is 6.26. The molecule has 130 valence electrons. The topological polar surface area (TPSA) is 71.8 Å². The maximum atomic E-state index is 12.3. The van der Waals surface area contributed by atoms with Crippen LogP contribution in [0.15, 0.2) is 18.3 Å². The molecule has 7 nitrogen and oxygen atoms in total. The predicted octanol–water partition coefficient (Wildman–Crippen LogP) is 1.73. The highest BCUT2D eigenvalue weighted by Gasteiger charge is 2.13. The van der Waals surface area contributed by atoms with Crippen LogP contribution in [-0.2, 0) is 0 Å². The van der Waals surface area contributed by atoms with Crippen LogP contribution in [0.4, 0.5) is 0 Å². The van der Waals surface area contributed by atoms with Gasteiger partial charge in [-0.25, -0.2) is 9.50 Å². The molecular weight excluding hydrogens is 306 g/mol. The Kier molecular flexibility index (Phi) is 5.63. The molecule has 0 spiro atoms. The number of nitrogens with zero attached hydrogens (tertiary/aromatic N) is 4. The van der Waals surface area contributed by atoms with E-state index in [-0.39, 0.29) is 5.91 Å². The highest BCUT2D eigenvalue weighted by Crippen LogP contribution is 2.10. The molecule has 24 heavy (non-hydrogen) atoms. The summed E-state index contributed by atoms with van der Waals surface area (Å²) in [4.78, 5) is 19.0. The van der Waals surface area contributed by atoms with E-state index in [9.17, 15) is 4.79 Å². The average Bonchev–Trinajstić information content (AvgIpc) is 2.83. The summed E-state index contributed by atoms with van der Waals surface area (Å²) in [6.07, 6.45) is 6.79. The molecular formula is C17H25N5O2. The zero-order valence-electron chi connectivity index (χ0n) is 14.2. The molecule has 0 aromatic carbocycles. The van der Waals surface area contributed by atoms with Gasteiger partial charge in [0.05, 0.1) is 12.8 Å². The van der Waals surface area contributed by atoms with E-state index in [2.05, 4.69) is 20.3 Å². The maximum Gasteiger partial charge on any atom is 0.271 e. The number of aromatic nitrogens is 3. The van der Waals surface area contributed by atoms with Crippen molar-refractivity contribution in [2.45, 2.75) is 32.6 Å². The Labute approximate surface area is 142 Å². The van der Waals surface area contributed by atoms with E-state index in [0.717, 1.165) is 19.6 Å². The van der Waals surface area contributed by atoms with Gasteiger partial charge in [-0.1, -0.05) is 12.8 Å². The minimum absolute atomic E-state index is 0.159. The fourth-order valence-electron chi connectivity index (χ4n) is 2.98. The minimum atomic E-state index is -0.159. The normalized spacial score (nSPS) is 16.0. The van der Waals surface area contributed by atoms with Gasteiger partial charge in [-0.05, 0) is 38.9 Å². The van der Waals surface area contributed by atoms with Gasteiger partial charge in [-0.2, -0.15) is 0 Å². The maximum absolute atomic E-state index is 12.3. The largest absolute Gasteiger partial charge is 0.477 e. The summed E-state index contributed by atoms with van der Waals surface area (Å²) in [5.74, 6) is 0.365. The molecule has 1 saturated heterocycles. The van der Waals surface area contributed by atoms with Crippen molar-refractivity contribution in [2.75, 3.05) is 32.8 Å². The number of carbonyl (C=O) groups excluding carboxylic acids is 1. The summed E-state index contributed by atoms with van der Waals surface area (Å²) in [5.41, 5.74) is 1.02. The first-order valence-electron chi connectivity index (χ1n) is 8.76. The lowest BCUT2D eigenvalue weighted by Crippen LogP contribution is -2.35. The SMILES string of the molecule is CCOc1ccc2nc(C(=O)NCCN3CCCCCC3)cn2n1. The standard InChI is InChI=1S/C17H25N5O2/c1-2-24-16-8-7-15-19-14(13-22(15)20-16)17(23)18-9-12-21-10-5-3-4-6-11-21/h7-8,13H,2-6,9-12H2,1H3,(H,18,23). The van der Waals surface area contributed by atoms with Crippen LogP contribution in [0.25, 0.3) is 5.65 Å². The summed E-state index contributed by atoms with van der Waals surface area (Å²) in [5, 5.41) is 7.23. The molecule has 0 saturated carbocycles. The van der Waals surface area contributed by atoms with E-state index in [1.165, 1.54) is 25.7 Å². The van der Waals surface area contributed by atoms with Crippen molar-refractivity contribution >= 4 is 11.6 Å². The van der Waals surface area contributed by atoms with Crippen molar-refractivity contribution in [2.24, 2.45) is 0 Å². The van der Waals surface area contributed by atoms with Gasteiger partial charge in [0, 0.05) is 19.2 Å². The van der Waals surface area contributed by atoms with Crippen LogP contribution in [0, 0.1) is 0 Å². The zero-order chi connectivity index (χ0) is 16.8. The molecule has 2 aromatic heterocycles. The van der Waals surface area contributed by atoms with Gasteiger partial charge in [-0.3, -0.25) is 4.79 Å². The lowest BCUT2D eigenvalue weighted by molar-refractivity contribution is 0.0944. The van der Waals surface area contributed by atoms with Crippen LogP contribution in [-0.4, -0.2) is 58.2 Å². The second-order valence-electron chi connectivity index (χ2n) is 6.05. The first kappa shape index (κ1) is 16.7. The molecule has 0 aliphatic carbocycles. The van der Waals surface area contributed by atoms with Gasteiger partial charge in [0.1, 0.15) is 5.69 Å². The second-order valence-corrected chi connectivity index (χ2v) is 6.05. The molecule has 0 atom stereocenters. The van der Waals surface area contributed by atoms with E-state index >= 15 is 0 Å². The number of ether oxygens (including phenoxy) is 1. The van der Waals surface area contributed by atoms with Crippen molar-refractivity contribution in [1.82, 2.24) is 24.8 Å². The van der Waals surface area contributed by atoms with Crippen molar-refractivity contribution in [3.8, 4) is 5.88 Å². The van der Waals surface area contributed by atoms with Crippen LogP contribution in [0.1, 0.15) is 43.1 Å². The quantitative estimate of drug-likeness (QED) is 0.873. The lowest BCUT2D eigenvalue weighted by atomic mass is 10.2. The molecule has 1 amide bonds. The molecule has 3 heterocycles. The third-order valence-electron chi connectivity index (χ3n) is 4.23. The third kappa shape index (κ3) is 4.23. The summed E-state index contributed by atoms with van der Waals surface area (Å²) in [6, 6.07) is 3.55. The Morgan fingerprint density at radius 3 is 2.79 bits per heavy atom. The Morgan fingerprint density at radius 1 is 1.25 bits per heavy atom. The summed E-state index contributed by atoms with van der Waals surface area (Å²) < 4.78 is 6.94. The second kappa shape index (κ2) is 8.10. The Balaban J connectivity index is 1.55. The monoisotopic (exact) mass is 331 g/mol. The van der Waals surface area contributed by atoms with Gasteiger partial charge < -0.3 is 15.0 Å². The highest BCUT2D eigenvalue weighted by molar-refractivity contribution is 5.92. The number of carbonyl (C=O) groups is 1. The molecule has 0 unspecified atom stereocenters. The third-order valence-corrected chi connectivity index (χ3v) is 4.23. The fraction of sp³-hybridized carbons (Fsp3) is 0.588. The molecule has 2 aromatic rings. The number of fused-ring (bicyclic) bond motifs is 1.